The minimum absolute atomic E-state index is 0.0338. The first kappa shape index (κ1) is 17.1. The standard InChI is InChI=1S/C17H21N9O/c1-11(16-21-22-24-26(16)13-6-4-3-5-7-13)18-17(27)19-12-8-9-15-14(10-12)20-23-25(15)2/h3-7,11-12H,8-10H2,1-2H3,(H2,18,19,27). The number of amides is 2. The maximum absolute atomic E-state index is 12.4. The van der Waals surface area contributed by atoms with Crippen LogP contribution >= 0.6 is 0 Å². The van der Waals surface area contributed by atoms with Crippen molar-refractivity contribution in [3.05, 3.63) is 47.5 Å². The molecule has 2 N–H and O–H groups in total. The molecule has 140 valence electrons. The number of tetrazole rings is 1. The number of para-hydroxylation sites is 1. The number of rotatable bonds is 4. The number of urea groups is 1. The summed E-state index contributed by atoms with van der Waals surface area (Å²) in [4.78, 5) is 12.4. The van der Waals surface area contributed by atoms with Gasteiger partial charge in [0.05, 0.1) is 23.1 Å². The van der Waals surface area contributed by atoms with Crippen molar-refractivity contribution in [1.29, 1.82) is 0 Å². The van der Waals surface area contributed by atoms with E-state index in [1.165, 1.54) is 0 Å². The SMILES string of the molecule is CC(NC(=O)NC1CCc2c(nnn2C)C1)c1nnnn1-c1ccccc1. The van der Waals surface area contributed by atoms with Gasteiger partial charge in [0, 0.05) is 19.5 Å². The minimum Gasteiger partial charge on any atom is -0.335 e. The average Bonchev–Trinajstić information content (AvgIpc) is 3.29. The summed E-state index contributed by atoms with van der Waals surface area (Å²) in [7, 11) is 1.89. The molecular weight excluding hydrogens is 346 g/mol. The number of aromatic nitrogens is 7. The second-order valence-electron chi connectivity index (χ2n) is 6.67. The highest BCUT2D eigenvalue weighted by atomic mass is 16.2. The van der Waals surface area contributed by atoms with Crippen LogP contribution in [0.5, 0.6) is 0 Å². The maximum atomic E-state index is 12.4. The molecule has 1 aliphatic carbocycles. The van der Waals surface area contributed by atoms with Gasteiger partial charge in [-0.3, -0.25) is 4.68 Å². The molecule has 2 atom stereocenters. The summed E-state index contributed by atoms with van der Waals surface area (Å²) >= 11 is 0. The van der Waals surface area contributed by atoms with Gasteiger partial charge in [0.2, 0.25) is 0 Å². The summed E-state index contributed by atoms with van der Waals surface area (Å²) in [5.74, 6) is 0.566. The van der Waals surface area contributed by atoms with E-state index in [4.69, 9.17) is 0 Å². The zero-order valence-electron chi connectivity index (χ0n) is 15.2. The highest BCUT2D eigenvalue weighted by molar-refractivity contribution is 5.74. The summed E-state index contributed by atoms with van der Waals surface area (Å²) in [6.45, 7) is 1.85. The van der Waals surface area contributed by atoms with Crippen LogP contribution in [0, 0.1) is 0 Å². The van der Waals surface area contributed by atoms with Crippen molar-refractivity contribution in [1.82, 2.24) is 45.8 Å². The molecule has 1 aliphatic rings. The Morgan fingerprint density at radius 1 is 1.22 bits per heavy atom. The lowest BCUT2D eigenvalue weighted by Crippen LogP contribution is -2.45. The Labute approximate surface area is 155 Å². The number of nitrogens with zero attached hydrogens (tertiary/aromatic N) is 7. The van der Waals surface area contributed by atoms with Crippen LogP contribution in [-0.2, 0) is 19.9 Å². The first-order valence-electron chi connectivity index (χ1n) is 8.90. The summed E-state index contributed by atoms with van der Waals surface area (Å²) in [5.41, 5.74) is 2.94. The number of aryl methyl sites for hydroxylation is 1. The number of fused-ring (bicyclic) bond motifs is 1. The molecule has 0 radical (unpaired) electrons. The monoisotopic (exact) mass is 367 g/mol. The minimum atomic E-state index is -0.351. The summed E-state index contributed by atoms with van der Waals surface area (Å²) in [6.07, 6.45) is 2.40. The lowest BCUT2D eigenvalue weighted by molar-refractivity contribution is 0.232. The zero-order valence-corrected chi connectivity index (χ0v) is 15.2. The molecule has 2 amide bonds. The van der Waals surface area contributed by atoms with Crippen LogP contribution in [0.2, 0.25) is 0 Å². The van der Waals surface area contributed by atoms with Gasteiger partial charge in [-0.05, 0) is 42.3 Å². The van der Waals surface area contributed by atoms with Crippen LogP contribution in [0.3, 0.4) is 0 Å². The van der Waals surface area contributed by atoms with Gasteiger partial charge in [-0.1, -0.05) is 23.4 Å². The van der Waals surface area contributed by atoms with E-state index in [0.717, 1.165) is 29.9 Å². The Balaban J connectivity index is 1.39. The van der Waals surface area contributed by atoms with Gasteiger partial charge < -0.3 is 10.6 Å². The average molecular weight is 367 g/mol. The van der Waals surface area contributed by atoms with Gasteiger partial charge in [-0.15, -0.1) is 10.2 Å². The molecule has 0 saturated heterocycles. The molecule has 27 heavy (non-hydrogen) atoms. The van der Waals surface area contributed by atoms with Gasteiger partial charge >= 0.3 is 6.03 Å². The Hall–Kier alpha value is -3.30. The highest BCUT2D eigenvalue weighted by Gasteiger charge is 2.25. The molecule has 0 aliphatic heterocycles. The van der Waals surface area contributed by atoms with Crippen LogP contribution in [-0.4, -0.2) is 47.3 Å². The maximum Gasteiger partial charge on any atom is 0.315 e. The number of benzene rings is 1. The van der Waals surface area contributed by atoms with Crippen molar-refractivity contribution in [2.75, 3.05) is 0 Å². The molecule has 3 aromatic rings. The zero-order chi connectivity index (χ0) is 18.8. The van der Waals surface area contributed by atoms with Crippen LogP contribution in [0.15, 0.2) is 30.3 Å². The third-order valence-electron chi connectivity index (χ3n) is 4.76. The highest BCUT2D eigenvalue weighted by Crippen LogP contribution is 2.19. The molecule has 0 saturated carbocycles. The second kappa shape index (κ2) is 7.14. The number of carbonyl (C=O) groups excluding carboxylic acids is 1. The van der Waals surface area contributed by atoms with Gasteiger partial charge in [-0.25, -0.2) is 4.79 Å². The first-order chi connectivity index (χ1) is 13.1. The second-order valence-corrected chi connectivity index (χ2v) is 6.67. The lowest BCUT2D eigenvalue weighted by atomic mass is 9.96. The van der Waals surface area contributed by atoms with Crippen LogP contribution < -0.4 is 10.6 Å². The number of carbonyl (C=O) groups is 1. The molecule has 0 fully saturated rings. The van der Waals surface area contributed by atoms with Crippen molar-refractivity contribution in [3.8, 4) is 5.69 Å². The summed E-state index contributed by atoms with van der Waals surface area (Å²) < 4.78 is 3.43. The Morgan fingerprint density at radius 3 is 2.85 bits per heavy atom. The molecule has 2 unspecified atom stereocenters. The Bertz CT molecular complexity index is 933. The fraction of sp³-hybridized carbons (Fsp3) is 0.412. The topological polar surface area (TPSA) is 115 Å². The molecule has 2 heterocycles. The number of hydrogen-bond acceptors (Lipinski definition) is 6. The molecule has 0 bridgehead atoms. The van der Waals surface area contributed by atoms with Crippen LogP contribution in [0.25, 0.3) is 5.69 Å². The molecule has 1 aromatic carbocycles. The molecule has 10 nitrogen and oxygen atoms in total. The normalized spacial score (nSPS) is 17.2. The van der Waals surface area contributed by atoms with E-state index in [-0.39, 0.29) is 18.1 Å². The third-order valence-corrected chi connectivity index (χ3v) is 4.76. The molecule has 4 rings (SSSR count). The number of hydrogen-bond donors (Lipinski definition) is 2. The smallest absolute Gasteiger partial charge is 0.315 e. The van der Waals surface area contributed by atoms with Crippen LogP contribution in [0.1, 0.15) is 36.6 Å². The Kier molecular flexibility index (Phi) is 4.53. The fourth-order valence-electron chi connectivity index (χ4n) is 3.36. The molecule has 10 heteroatoms. The molecule has 0 spiro atoms. The Morgan fingerprint density at radius 2 is 2.04 bits per heavy atom. The van der Waals surface area contributed by atoms with Crippen molar-refractivity contribution in [2.24, 2.45) is 7.05 Å². The van der Waals surface area contributed by atoms with E-state index in [0.29, 0.717) is 12.2 Å². The third kappa shape index (κ3) is 3.50. The van der Waals surface area contributed by atoms with E-state index in [1.807, 2.05) is 44.3 Å². The van der Waals surface area contributed by atoms with Crippen molar-refractivity contribution >= 4 is 6.03 Å². The van der Waals surface area contributed by atoms with Gasteiger partial charge in [0.1, 0.15) is 0 Å². The fourth-order valence-corrected chi connectivity index (χ4v) is 3.36. The van der Waals surface area contributed by atoms with E-state index in [9.17, 15) is 4.79 Å². The summed E-state index contributed by atoms with van der Waals surface area (Å²) in [6, 6.07) is 9.00. The molecule has 2 aromatic heterocycles. The summed E-state index contributed by atoms with van der Waals surface area (Å²) in [5, 5.41) is 26.0. The quantitative estimate of drug-likeness (QED) is 0.702. The number of nitrogens with one attached hydrogen (secondary N) is 2. The lowest BCUT2D eigenvalue weighted by Gasteiger charge is -2.23. The van der Waals surface area contributed by atoms with Crippen molar-refractivity contribution < 1.29 is 4.79 Å². The van der Waals surface area contributed by atoms with Gasteiger partial charge in [0.15, 0.2) is 5.82 Å². The largest absolute Gasteiger partial charge is 0.335 e. The van der Waals surface area contributed by atoms with E-state index in [1.54, 1.807) is 9.36 Å². The van der Waals surface area contributed by atoms with E-state index >= 15 is 0 Å². The van der Waals surface area contributed by atoms with Crippen LogP contribution in [0.4, 0.5) is 4.79 Å². The predicted molar refractivity (Wildman–Crippen MR) is 96.1 cm³/mol. The van der Waals surface area contributed by atoms with Crippen molar-refractivity contribution in [2.45, 2.75) is 38.3 Å². The molecular formula is C17H21N9O. The predicted octanol–water partition coefficient (Wildman–Crippen LogP) is 0.708. The first-order valence-corrected chi connectivity index (χ1v) is 8.90. The van der Waals surface area contributed by atoms with Gasteiger partial charge in [-0.2, -0.15) is 4.68 Å². The van der Waals surface area contributed by atoms with E-state index < -0.39 is 0 Å². The van der Waals surface area contributed by atoms with Crippen molar-refractivity contribution in [3.63, 3.8) is 0 Å². The van der Waals surface area contributed by atoms with Gasteiger partial charge in [0.25, 0.3) is 0 Å². The van der Waals surface area contributed by atoms with E-state index in [2.05, 4.69) is 36.5 Å².